The Balaban J connectivity index is 2.13. The van der Waals surface area contributed by atoms with E-state index in [-0.39, 0.29) is 22.6 Å². The van der Waals surface area contributed by atoms with Crippen LogP contribution in [0.2, 0.25) is 5.02 Å². The number of aromatic nitrogens is 2. The molecule has 2 unspecified atom stereocenters. The van der Waals surface area contributed by atoms with Gasteiger partial charge < -0.3 is 9.72 Å². The molecule has 1 aliphatic carbocycles. The summed E-state index contributed by atoms with van der Waals surface area (Å²) in [5, 5.41) is 0.0490. The van der Waals surface area contributed by atoms with E-state index in [1.807, 2.05) is 0 Å². The fraction of sp³-hybridized carbons (Fsp3) is 0.667. The Morgan fingerprint density at radius 1 is 1.53 bits per heavy atom. The van der Waals surface area contributed by atoms with Crippen LogP contribution in [-0.2, 0) is 0 Å². The van der Waals surface area contributed by atoms with Gasteiger partial charge in [0, 0.05) is 0 Å². The van der Waals surface area contributed by atoms with Crippen LogP contribution in [0.1, 0.15) is 39.0 Å². The van der Waals surface area contributed by atoms with E-state index < -0.39 is 0 Å². The molecule has 0 bridgehead atoms. The summed E-state index contributed by atoms with van der Waals surface area (Å²) >= 11 is 5.87. The van der Waals surface area contributed by atoms with E-state index >= 15 is 0 Å². The van der Waals surface area contributed by atoms with Crippen LogP contribution in [0.3, 0.4) is 0 Å². The molecule has 0 amide bonds. The third-order valence-corrected chi connectivity index (χ3v) is 3.72. The van der Waals surface area contributed by atoms with Gasteiger partial charge in [0.2, 0.25) is 5.88 Å². The van der Waals surface area contributed by atoms with Crippen molar-refractivity contribution in [1.82, 2.24) is 9.97 Å². The molecule has 4 nitrogen and oxygen atoms in total. The molecule has 2 rings (SSSR count). The Bertz CT molecular complexity index is 433. The lowest BCUT2D eigenvalue weighted by atomic mass is 9.85. The van der Waals surface area contributed by atoms with E-state index in [1.54, 1.807) is 0 Å². The molecule has 0 saturated heterocycles. The van der Waals surface area contributed by atoms with Gasteiger partial charge in [0.25, 0.3) is 5.56 Å². The van der Waals surface area contributed by atoms with E-state index in [2.05, 4.69) is 16.9 Å². The predicted molar refractivity (Wildman–Crippen MR) is 66.5 cm³/mol. The molecule has 94 valence electrons. The van der Waals surface area contributed by atoms with E-state index in [0.29, 0.717) is 5.92 Å². The Morgan fingerprint density at radius 3 is 3.06 bits per heavy atom. The van der Waals surface area contributed by atoms with Crippen molar-refractivity contribution in [3.63, 3.8) is 0 Å². The van der Waals surface area contributed by atoms with Crippen molar-refractivity contribution in [2.75, 3.05) is 0 Å². The van der Waals surface area contributed by atoms with E-state index in [0.717, 1.165) is 12.8 Å². The highest BCUT2D eigenvalue weighted by atomic mass is 35.5. The molecular formula is C12H17ClN2O2. The van der Waals surface area contributed by atoms with Gasteiger partial charge >= 0.3 is 0 Å². The minimum absolute atomic E-state index is 0.0490. The highest BCUT2D eigenvalue weighted by Crippen LogP contribution is 2.31. The zero-order valence-corrected chi connectivity index (χ0v) is 10.7. The molecule has 2 atom stereocenters. The summed E-state index contributed by atoms with van der Waals surface area (Å²) in [6, 6.07) is 0. The smallest absolute Gasteiger partial charge is 0.273 e. The van der Waals surface area contributed by atoms with Gasteiger partial charge in [-0.1, -0.05) is 24.9 Å². The van der Waals surface area contributed by atoms with Crippen LogP contribution in [0.15, 0.2) is 11.1 Å². The fourth-order valence-corrected chi connectivity index (χ4v) is 2.54. The van der Waals surface area contributed by atoms with Crippen molar-refractivity contribution >= 4 is 11.6 Å². The van der Waals surface area contributed by atoms with Crippen LogP contribution < -0.4 is 10.3 Å². The number of nitrogens with zero attached hydrogens (tertiary/aromatic N) is 1. The Kier molecular flexibility index (Phi) is 4.05. The maximum Gasteiger partial charge on any atom is 0.273 e. The van der Waals surface area contributed by atoms with Gasteiger partial charge in [-0.25, -0.2) is 4.98 Å². The molecule has 0 aromatic carbocycles. The van der Waals surface area contributed by atoms with Crippen molar-refractivity contribution < 1.29 is 4.74 Å². The average Bonchev–Trinajstić information content (AvgIpc) is 2.35. The van der Waals surface area contributed by atoms with Crippen LogP contribution in [0, 0.1) is 5.92 Å². The molecule has 1 aromatic heterocycles. The third-order valence-electron chi connectivity index (χ3n) is 3.39. The zero-order valence-electron chi connectivity index (χ0n) is 9.91. The van der Waals surface area contributed by atoms with Crippen LogP contribution in [0.5, 0.6) is 5.88 Å². The number of rotatable bonds is 3. The maximum absolute atomic E-state index is 11.3. The second-order valence-corrected chi connectivity index (χ2v) is 4.84. The van der Waals surface area contributed by atoms with Gasteiger partial charge in [0.15, 0.2) is 5.02 Å². The number of hydrogen-bond acceptors (Lipinski definition) is 3. The lowest BCUT2D eigenvalue weighted by Gasteiger charge is -2.30. The summed E-state index contributed by atoms with van der Waals surface area (Å²) in [6.45, 7) is 2.17. The average molecular weight is 257 g/mol. The second-order valence-electron chi connectivity index (χ2n) is 4.46. The van der Waals surface area contributed by atoms with Crippen molar-refractivity contribution in [2.24, 2.45) is 5.92 Å². The number of halogens is 1. The van der Waals surface area contributed by atoms with Crippen LogP contribution in [-0.4, -0.2) is 16.1 Å². The van der Waals surface area contributed by atoms with Crippen molar-refractivity contribution in [1.29, 1.82) is 0 Å². The number of aromatic amines is 1. The van der Waals surface area contributed by atoms with Crippen molar-refractivity contribution in [3.8, 4) is 5.88 Å². The first kappa shape index (κ1) is 12.4. The summed E-state index contributed by atoms with van der Waals surface area (Å²) in [5.74, 6) is 0.807. The molecule has 0 aliphatic heterocycles. The number of H-pyrrole nitrogens is 1. The normalized spacial score (nSPS) is 24.6. The molecule has 1 aromatic rings. The first-order valence-electron chi connectivity index (χ1n) is 6.12. The van der Waals surface area contributed by atoms with E-state index in [4.69, 9.17) is 16.3 Å². The molecule has 1 saturated carbocycles. The van der Waals surface area contributed by atoms with Gasteiger partial charge in [-0.2, -0.15) is 0 Å². The van der Waals surface area contributed by atoms with E-state index in [1.165, 1.54) is 25.6 Å². The fourth-order valence-electron chi connectivity index (χ4n) is 2.39. The standard InChI is InChI=1S/C12H17ClN2O2/c1-2-8-5-3-4-6-9(8)17-12-10(13)11(16)14-7-15-12/h7-9H,2-6H2,1H3,(H,14,15,16). The Labute approximate surface area is 105 Å². The zero-order chi connectivity index (χ0) is 12.3. The van der Waals surface area contributed by atoms with E-state index in [9.17, 15) is 4.79 Å². The Morgan fingerprint density at radius 2 is 2.29 bits per heavy atom. The topological polar surface area (TPSA) is 55.0 Å². The first-order chi connectivity index (χ1) is 8.22. The van der Waals surface area contributed by atoms with Gasteiger partial charge in [-0.3, -0.25) is 4.79 Å². The van der Waals surface area contributed by atoms with Gasteiger partial charge in [-0.15, -0.1) is 0 Å². The predicted octanol–water partition coefficient (Wildman–Crippen LogP) is 2.77. The molecule has 1 heterocycles. The molecule has 1 aliphatic rings. The quantitative estimate of drug-likeness (QED) is 0.905. The van der Waals surface area contributed by atoms with Crippen molar-refractivity contribution in [2.45, 2.75) is 45.1 Å². The largest absolute Gasteiger partial charge is 0.473 e. The van der Waals surface area contributed by atoms with Crippen LogP contribution in [0.25, 0.3) is 0 Å². The lowest BCUT2D eigenvalue weighted by Crippen LogP contribution is -2.30. The maximum atomic E-state index is 11.3. The monoisotopic (exact) mass is 256 g/mol. The van der Waals surface area contributed by atoms with Crippen LogP contribution >= 0.6 is 11.6 Å². The minimum atomic E-state index is -0.347. The molecule has 0 radical (unpaired) electrons. The number of ether oxygens (including phenoxy) is 1. The summed E-state index contributed by atoms with van der Waals surface area (Å²) in [5.41, 5.74) is -0.347. The molecule has 1 fully saturated rings. The number of nitrogens with one attached hydrogen (secondary N) is 1. The molecule has 1 N–H and O–H groups in total. The summed E-state index contributed by atoms with van der Waals surface area (Å²) in [7, 11) is 0. The minimum Gasteiger partial charge on any atom is -0.473 e. The third kappa shape index (κ3) is 2.80. The second kappa shape index (κ2) is 5.54. The highest BCUT2D eigenvalue weighted by molar-refractivity contribution is 6.31. The Hall–Kier alpha value is -1.03. The molecule has 5 heteroatoms. The first-order valence-corrected chi connectivity index (χ1v) is 6.50. The van der Waals surface area contributed by atoms with Gasteiger partial charge in [-0.05, 0) is 31.6 Å². The van der Waals surface area contributed by atoms with Crippen LogP contribution in [0.4, 0.5) is 0 Å². The van der Waals surface area contributed by atoms with Crippen molar-refractivity contribution in [3.05, 3.63) is 21.7 Å². The molecule has 17 heavy (non-hydrogen) atoms. The lowest BCUT2D eigenvalue weighted by molar-refractivity contribution is 0.0857. The summed E-state index contributed by atoms with van der Waals surface area (Å²) < 4.78 is 5.81. The molecule has 0 spiro atoms. The summed E-state index contributed by atoms with van der Waals surface area (Å²) in [6.07, 6.45) is 7.18. The SMILES string of the molecule is CCC1CCCCC1Oc1nc[nH]c(=O)c1Cl. The summed E-state index contributed by atoms with van der Waals surface area (Å²) in [4.78, 5) is 17.7. The molecular weight excluding hydrogens is 240 g/mol. The number of hydrogen-bond donors (Lipinski definition) is 1. The highest BCUT2D eigenvalue weighted by Gasteiger charge is 2.26. The van der Waals surface area contributed by atoms with Gasteiger partial charge in [0.05, 0.1) is 6.33 Å². The van der Waals surface area contributed by atoms with Gasteiger partial charge in [0.1, 0.15) is 6.10 Å².